The lowest BCUT2D eigenvalue weighted by atomic mass is 9.96. The molecule has 0 spiro atoms. The van der Waals surface area contributed by atoms with Crippen molar-refractivity contribution in [3.05, 3.63) is 48.0 Å². The highest BCUT2D eigenvalue weighted by Crippen LogP contribution is 2.34. The highest BCUT2D eigenvalue weighted by atomic mass is 19.1. The highest BCUT2D eigenvalue weighted by molar-refractivity contribution is 5.71. The van der Waals surface area contributed by atoms with Gasteiger partial charge in [-0.3, -0.25) is 0 Å². The van der Waals surface area contributed by atoms with Gasteiger partial charge in [0.2, 0.25) is 0 Å². The summed E-state index contributed by atoms with van der Waals surface area (Å²) in [4.78, 5) is 0. The van der Waals surface area contributed by atoms with Gasteiger partial charge in [-0.05, 0) is 37.1 Å². The van der Waals surface area contributed by atoms with Crippen LogP contribution >= 0.6 is 0 Å². The van der Waals surface area contributed by atoms with Crippen molar-refractivity contribution in [3.8, 4) is 22.6 Å². The van der Waals surface area contributed by atoms with E-state index in [1.54, 1.807) is 40.2 Å². The van der Waals surface area contributed by atoms with Crippen LogP contribution in [0, 0.1) is 0 Å². The zero-order chi connectivity index (χ0) is 14.8. The summed E-state index contributed by atoms with van der Waals surface area (Å²) in [5.41, 5.74) is 1.27. The molecule has 0 unspecified atom stereocenters. The van der Waals surface area contributed by atoms with Crippen LogP contribution in [-0.4, -0.2) is 14.2 Å². The standard InChI is InChI=1S/C17H19FO2/c1-17(2,18)13-7-5-12(6-8-13)15-10-9-14(19-3)11-16(15)20-4/h5-11H,1-4H3. The lowest BCUT2D eigenvalue weighted by molar-refractivity contribution is 0.221. The largest absolute Gasteiger partial charge is 0.497 e. The average Bonchev–Trinajstić information content (AvgIpc) is 2.45. The molecule has 2 nitrogen and oxygen atoms in total. The van der Waals surface area contributed by atoms with E-state index in [0.717, 1.165) is 22.6 Å². The summed E-state index contributed by atoms with van der Waals surface area (Å²) >= 11 is 0. The predicted octanol–water partition coefficient (Wildman–Crippen LogP) is 4.58. The Hall–Kier alpha value is -2.03. The van der Waals surface area contributed by atoms with Crippen LogP contribution in [0.25, 0.3) is 11.1 Å². The molecule has 0 saturated carbocycles. The lowest BCUT2D eigenvalue weighted by Gasteiger charge is -2.16. The first kappa shape index (κ1) is 14.4. The Bertz CT molecular complexity index is 583. The zero-order valence-electron chi connectivity index (χ0n) is 12.2. The van der Waals surface area contributed by atoms with Crippen LogP contribution in [0.4, 0.5) is 4.39 Å². The summed E-state index contributed by atoms with van der Waals surface area (Å²) in [6, 6.07) is 13.1. The van der Waals surface area contributed by atoms with E-state index < -0.39 is 5.67 Å². The summed E-state index contributed by atoms with van der Waals surface area (Å²) in [6.07, 6.45) is 0. The van der Waals surface area contributed by atoms with E-state index in [-0.39, 0.29) is 0 Å². The smallest absolute Gasteiger partial charge is 0.130 e. The molecule has 0 bridgehead atoms. The first-order valence-corrected chi connectivity index (χ1v) is 6.47. The van der Waals surface area contributed by atoms with E-state index in [1.165, 1.54) is 0 Å². The van der Waals surface area contributed by atoms with Crippen LogP contribution in [0.3, 0.4) is 0 Å². The fourth-order valence-electron chi connectivity index (χ4n) is 2.08. The molecule has 0 heterocycles. The van der Waals surface area contributed by atoms with Crippen molar-refractivity contribution in [3.63, 3.8) is 0 Å². The number of benzene rings is 2. The van der Waals surface area contributed by atoms with Crippen molar-refractivity contribution in [1.29, 1.82) is 0 Å². The van der Waals surface area contributed by atoms with Crippen molar-refractivity contribution < 1.29 is 13.9 Å². The van der Waals surface area contributed by atoms with Gasteiger partial charge in [-0.2, -0.15) is 0 Å². The molecule has 0 fully saturated rings. The molecule has 0 saturated heterocycles. The molecule has 106 valence electrons. The molecule has 0 aliphatic rings. The summed E-state index contributed by atoms with van der Waals surface area (Å²) in [5.74, 6) is 1.48. The second-order valence-electron chi connectivity index (χ2n) is 5.12. The topological polar surface area (TPSA) is 18.5 Å². The molecule has 2 aromatic carbocycles. The van der Waals surface area contributed by atoms with E-state index in [1.807, 2.05) is 30.3 Å². The maximum atomic E-state index is 13.9. The third kappa shape index (κ3) is 2.93. The van der Waals surface area contributed by atoms with Crippen molar-refractivity contribution in [2.24, 2.45) is 0 Å². The second-order valence-corrected chi connectivity index (χ2v) is 5.12. The van der Waals surface area contributed by atoms with Gasteiger partial charge in [-0.1, -0.05) is 24.3 Å². The van der Waals surface area contributed by atoms with Crippen molar-refractivity contribution >= 4 is 0 Å². The van der Waals surface area contributed by atoms with Crippen LogP contribution in [0.1, 0.15) is 19.4 Å². The monoisotopic (exact) mass is 274 g/mol. The van der Waals surface area contributed by atoms with E-state index in [4.69, 9.17) is 9.47 Å². The minimum Gasteiger partial charge on any atom is -0.497 e. The molecule has 0 aliphatic heterocycles. The van der Waals surface area contributed by atoms with Crippen molar-refractivity contribution in [2.75, 3.05) is 14.2 Å². The quantitative estimate of drug-likeness (QED) is 0.812. The number of rotatable bonds is 4. The van der Waals surface area contributed by atoms with Crippen LogP contribution in [0.2, 0.25) is 0 Å². The van der Waals surface area contributed by atoms with E-state index in [0.29, 0.717) is 5.56 Å². The Balaban J connectivity index is 2.41. The first-order chi connectivity index (χ1) is 9.45. The Morgan fingerprint density at radius 3 is 2.05 bits per heavy atom. The van der Waals surface area contributed by atoms with Crippen LogP contribution in [0.5, 0.6) is 11.5 Å². The van der Waals surface area contributed by atoms with Gasteiger partial charge < -0.3 is 9.47 Å². The summed E-state index contributed by atoms with van der Waals surface area (Å²) < 4.78 is 24.4. The Morgan fingerprint density at radius 1 is 0.900 bits per heavy atom. The van der Waals surface area contributed by atoms with Gasteiger partial charge in [-0.15, -0.1) is 0 Å². The molecule has 0 N–H and O–H groups in total. The molecular weight excluding hydrogens is 255 g/mol. The molecule has 0 aliphatic carbocycles. The maximum Gasteiger partial charge on any atom is 0.130 e. The summed E-state index contributed by atoms with van der Waals surface area (Å²) in [5, 5.41) is 0. The van der Waals surface area contributed by atoms with Crippen LogP contribution in [-0.2, 0) is 5.67 Å². The Labute approximate surface area is 119 Å². The van der Waals surface area contributed by atoms with Gasteiger partial charge in [-0.25, -0.2) is 4.39 Å². The average molecular weight is 274 g/mol. The fourth-order valence-corrected chi connectivity index (χ4v) is 2.08. The second kappa shape index (κ2) is 5.53. The molecule has 2 rings (SSSR count). The normalized spacial score (nSPS) is 11.2. The molecule has 3 heteroatoms. The number of halogens is 1. The van der Waals surface area contributed by atoms with Crippen LogP contribution in [0.15, 0.2) is 42.5 Å². The van der Waals surface area contributed by atoms with Crippen molar-refractivity contribution in [1.82, 2.24) is 0 Å². The lowest BCUT2D eigenvalue weighted by Crippen LogP contribution is -2.08. The van der Waals surface area contributed by atoms with Gasteiger partial charge >= 0.3 is 0 Å². The third-order valence-corrected chi connectivity index (χ3v) is 3.29. The number of alkyl halides is 1. The Kier molecular flexibility index (Phi) is 3.98. The molecule has 0 atom stereocenters. The van der Waals surface area contributed by atoms with Gasteiger partial charge in [0.05, 0.1) is 14.2 Å². The van der Waals surface area contributed by atoms with E-state index >= 15 is 0 Å². The van der Waals surface area contributed by atoms with Gasteiger partial charge in [0.15, 0.2) is 0 Å². The molecular formula is C17H19FO2. The van der Waals surface area contributed by atoms with Crippen LogP contribution < -0.4 is 9.47 Å². The minimum absolute atomic E-state index is 0.661. The number of ether oxygens (including phenoxy) is 2. The molecule has 20 heavy (non-hydrogen) atoms. The predicted molar refractivity (Wildman–Crippen MR) is 79.1 cm³/mol. The first-order valence-electron chi connectivity index (χ1n) is 6.47. The van der Waals surface area contributed by atoms with Crippen molar-refractivity contribution in [2.45, 2.75) is 19.5 Å². The summed E-state index contributed by atoms with van der Waals surface area (Å²) in [6.45, 7) is 3.10. The van der Waals surface area contributed by atoms with Gasteiger partial charge in [0.25, 0.3) is 0 Å². The third-order valence-electron chi connectivity index (χ3n) is 3.29. The molecule has 2 aromatic rings. The van der Waals surface area contributed by atoms with Gasteiger partial charge in [0.1, 0.15) is 17.2 Å². The maximum absolute atomic E-state index is 13.9. The highest BCUT2D eigenvalue weighted by Gasteiger charge is 2.18. The number of methoxy groups -OCH3 is 2. The number of hydrogen-bond donors (Lipinski definition) is 0. The summed E-state index contributed by atoms with van der Waals surface area (Å²) in [7, 11) is 3.24. The Morgan fingerprint density at radius 2 is 1.55 bits per heavy atom. The molecule has 0 aromatic heterocycles. The fraction of sp³-hybridized carbons (Fsp3) is 0.294. The van der Waals surface area contributed by atoms with Gasteiger partial charge in [0, 0.05) is 11.6 Å². The zero-order valence-corrected chi connectivity index (χ0v) is 12.2. The molecule has 0 amide bonds. The molecule has 0 radical (unpaired) electrons. The minimum atomic E-state index is -1.33. The SMILES string of the molecule is COc1ccc(-c2ccc(C(C)(C)F)cc2)c(OC)c1. The van der Waals surface area contributed by atoms with E-state index in [9.17, 15) is 4.39 Å². The van der Waals surface area contributed by atoms with E-state index in [2.05, 4.69) is 0 Å². The number of hydrogen-bond acceptors (Lipinski definition) is 2.